The van der Waals surface area contributed by atoms with E-state index in [2.05, 4.69) is 43.1 Å². The summed E-state index contributed by atoms with van der Waals surface area (Å²) in [6, 6.07) is 8.61. The molecule has 12 heavy (non-hydrogen) atoms. The summed E-state index contributed by atoms with van der Waals surface area (Å²) < 4.78 is 0. The lowest BCUT2D eigenvalue weighted by molar-refractivity contribution is 1.07. The van der Waals surface area contributed by atoms with Gasteiger partial charge in [-0.05, 0) is 30.4 Å². The van der Waals surface area contributed by atoms with Crippen LogP contribution in [0.1, 0.15) is 18.2 Å². The summed E-state index contributed by atoms with van der Waals surface area (Å²) in [5, 5.41) is 1.33. The number of aromatic nitrogens is 1. The Hall–Kier alpha value is -1.24. The van der Waals surface area contributed by atoms with Crippen LogP contribution in [0.5, 0.6) is 0 Å². The molecule has 0 atom stereocenters. The number of H-pyrrole nitrogens is 1. The highest BCUT2D eigenvalue weighted by atomic mass is 14.7. The third kappa shape index (κ3) is 1.02. The zero-order chi connectivity index (χ0) is 8.55. The molecule has 0 radical (unpaired) electrons. The highest BCUT2D eigenvalue weighted by Crippen LogP contribution is 2.18. The molecule has 1 N–H and O–H groups in total. The van der Waals surface area contributed by atoms with Crippen molar-refractivity contribution in [1.82, 2.24) is 4.98 Å². The molecule has 0 aliphatic rings. The van der Waals surface area contributed by atoms with Crippen LogP contribution >= 0.6 is 0 Å². The Morgan fingerprint density at radius 1 is 1.33 bits per heavy atom. The third-order valence-corrected chi connectivity index (χ3v) is 2.30. The molecule has 0 unspecified atom stereocenters. The van der Waals surface area contributed by atoms with E-state index in [0.29, 0.717) is 0 Å². The maximum atomic E-state index is 3.41. The molecular weight excluding hydrogens is 146 g/mol. The molecule has 0 saturated heterocycles. The summed E-state index contributed by atoms with van der Waals surface area (Å²) in [5.41, 5.74) is 3.93. The van der Waals surface area contributed by atoms with Crippen LogP contribution in [0.3, 0.4) is 0 Å². The first-order chi connectivity index (χ1) is 5.81. The van der Waals surface area contributed by atoms with Crippen LogP contribution in [0.4, 0.5) is 0 Å². The van der Waals surface area contributed by atoms with E-state index >= 15 is 0 Å². The molecule has 1 aromatic heterocycles. The SMILES string of the molecule is CCc1cc2cccc(C)c2[nH]1. The molecule has 0 amide bonds. The van der Waals surface area contributed by atoms with Crippen LogP contribution in [0.15, 0.2) is 24.3 Å². The van der Waals surface area contributed by atoms with E-state index in [0.717, 1.165) is 6.42 Å². The van der Waals surface area contributed by atoms with E-state index in [1.165, 1.54) is 22.2 Å². The van der Waals surface area contributed by atoms with E-state index in [4.69, 9.17) is 0 Å². The Bertz CT molecular complexity index is 398. The maximum absolute atomic E-state index is 3.41. The van der Waals surface area contributed by atoms with Gasteiger partial charge in [-0.15, -0.1) is 0 Å². The molecular formula is C11H13N. The molecule has 1 aromatic carbocycles. The van der Waals surface area contributed by atoms with Gasteiger partial charge in [0, 0.05) is 11.2 Å². The van der Waals surface area contributed by atoms with Gasteiger partial charge in [-0.3, -0.25) is 0 Å². The molecule has 0 fully saturated rings. The minimum atomic E-state index is 1.08. The molecule has 62 valence electrons. The molecule has 2 aromatic rings. The van der Waals surface area contributed by atoms with Gasteiger partial charge in [0.1, 0.15) is 0 Å². The van der Waals surface area contributed by atoms with Crippen LogP contribution in [-0.4, -0.2) is 4.98 Å². The van der Waals surface area contributed by atoms with E-state index in [9.17, 15) is 0 Å². The quantitative estimate of drug-likeness (QED) is 0.658. The number of hydrogen-bond acceptors (Lipinski definition) is 0. The molecule has 0 aliphatic heterocycles. The van der Waals surface area contributed by atoms with Gasteiger partial charge >= 0.3 is 0 Å². The van der Waals surface area contributed by atoms with Gasteiger partial charge in [-0.2, -0.15) is 0 Å². The van der Waals surface area contributed by atoms with E-state index in [1.807, 2.05) is 0 Å². The number of benzene rings is 1. The summed E-state index contributed by atoms with van der Waals surface area (Å²) in [6.07, 6.45) is 1.08. The molecule has 0 saturated carbocycles. The van der Waals surface area contributed by atoms with Crippen LogP contribution in [0.2, 0.25) is 0 Å². The van der Waals surface area contributed by atoms with Gasteiger partial charge in [0.25, 0.3) is 0 Å². The lowest BCUT2D eigenvalue weighted by Gasteiger charge is -1.93. The second-order valence-corrected chi connectivity index (χ2v) is 3.19. The third-order valence-electron chi connectivity index (χ3n) is 2.30. The topological polar surface area (TPSA) is 15.8 Å². The number of para-hydroxylation sites is 1. The van der Waals surface area contributed by atoms with Crippen molar-refractivity contribution in [1.29, 1.82) is 0 Å². The Balaban J connectivity index is 2.74. The molecule has 0 bridgehead atoms. The van der Waals surface area contributed by atoms with Gasteiger partial charge in [0.15, 0.2) is 0 Å². The zero-order valence-electron chi connectivity index (χ0n) is 7.52. The Morgan fingerprint density at radius 3 is 2.83 bits per heavy atom. The van der Waals surface area contributed by atoms with E-state index in [1.54, 1.807) is 0 Å². The van der Waals surface area contributed by atoms with Crippen molar-refractivity contribution in [2.45, 2.75) is 20.3 Å². The Morgan fingerprint density at radius 2 is 2.17 bits per heavy atom. The first-order valence-electron chi connectivity index (χ1n) is 4.38. The van der Waals surface area contributed by atoms with Crippen LogP contribution in [0.25, 0.3) is 10.9 Å². The predicted molar refractivity (Wildman–Crippen MR) is 52.4 cm³/mol. The summed E-state index contributed by atoms with van der Waals surface area (Å²) in [5.74, 6) is 0. The number of aromatic amines is 1. The highest BCUT2D eigenvalue weighted by Gasteiger charge is 1.99. The van der Waals surface area contributed by atoms with Gasteiger partial charge in [-0.1, -0.05) is 25.1 Å². The summed E-state index contributed by atoms with van der Waals surface area (Å²) >= 11 is 0. The first-order valence-corrected chi connectivity index (χ1v) is 4.38. The summed E-state index contributed by atoms with van der Waals surface area (Å²) in [4.78, 5) is 3.41. The maximum Gasteiger partial charge on any atom is 0.0485 e. The Kier molecular flexibility index (Phi) is 1.65. The average molecular weight is 159 g/mol. The summed E-state index contributed by atoms with van der Waals surface area (Å²) in [7, 11) is 0. The van der Waals surface area contributed by atoms with E-state index < -0.39 is 0 Å². The smallest absolute Gasteiger partial charge is 0.0485 e. The fraction of sp³-hybridized carbons (Fsp3) is 0.273. The van der Waals surface area contributed by atoms with Gasteiger partial charge < -0.3 is 4.98 Å². The van der Waals surface area contributed by atoms with E-state index in [-0.39, 0.29) is 0 Å². The monoisotopic (exact) mass is 159 g/mol. The van der Waals surface area contributed by atoms with Crippen molar-refractivity contribution >= 4 is 10.9 Å². The number of hydrogen-bond donors (Lipinski definition) is 1. The fourth-order valence-corrected chi connectivity index (χ4v) is 1.56. The van der Waals surface area contributed by atoms with Crippen LogP contribution in [0, 0.1) is 6.92 Å². The largest absolute Gasteiger partial charge is 0.358 e. The van der Waals surface area contributed by atoms with Crippen molar-refractivity contribution < 1.29 is 0 Å². The second-order valence-electron chi connectivity index (χ2n) is 3.19. The average Bonchev–Trinajstić information content (AvgIpc) is 2.49. The zero-order valence-corrected chi connectivity index (χ0v) is 7.52. The molecule has 2 rings (SSSR count). The van der Waals surface area contributed by atoms with Crippen molar-refractivity contribution in [2.24, 2.45) is 0 Å². The minimum absolute atomic E-state index is 1.08. The lowest BCUT2D eigenvalue weighted by Crippen LogP contribution is -1.77. The van der Waals surface area contributed by atoms with Crippen molar-refractivity contribution in [2.75, 3.05) is 0 Å². The standard InChI is InChI=1S/C11H13N/c1-3-10-7-9-6-4-5-8(2)11(9)12-10/h4-7,12H,3H2,1-2H3. The minimum Gasteiger partial charge on any atom is -0.358 e. The van der Waals surface area contributed by atoms with Crippen LogP contribution in [-0.2, 0) is 6.42 Å². The number of fused-ring (bicyclic) bond motifs is 1. The van der Waals surface area contributed by atoms with Crippen molar-refractivity contribution in [3.63, 3.8) is 0 Å². The van der Waals surface area contributed by atoms with Crippen molar-refractivity contribution in [3.05, 3.63) is 35.5 Å². The first kappa shape index (κ1) is 7.41. The van der Waals surface area contributed by atoms with Crippen molar-refractivity contribution in [3.8, 4) is 0 Å². The number of nitrogens with one attached hydrogen (secondary N) is 1. The molecule has 0 aliphatic carbocycles. The highest BCUT2D eigenvalue weighted by molar-refractivity contribution is 5.83. The Labute approximate surface area is 72.4 Å². The molecule has 1 nitrogen and oxygen atoms in total. The van der Waals surface area contributed by atoms with Gasteiger partial charge in [0.2, 0.25) is 0 Å². The summed E-state index contributed by atoms with van der Waals surface area (Å²) in [6.45, 7) is 4.30. The van der Waals surface area contributed by atoms with Crippen LogP contribution < -0.4 is 0 Å². The molecule has 1 heterocycles. The molecule has 0 spiro atoms. The fourth-order valence-electron chi connectivity index (χ4n) is 1.56. The van der Waals surface area contributed by atoms with Gasteiger partial charge in [0.05, 0.1) is 0 Å². The normalized spacial score (nSPS) is 10.8. The predicted octanol–water partition coefficient (Wildman–Crippen LogP) is 3.04. The number of aryl methyl sites for hydroxylation is 2. The molecule has 1 heteroatoms. The van der Waals surface area contributed by atoms with Gasteiger partial charge in [-0.25, -0.2) is 0 Å². The second kappa shape index (κ2) is 2.67. The lowest BCUT2D eigenvalue weighted by atomic mass is 10.2. The number of rotatable bonds is 1.